The van der Waals surface area contributed by atoms with Gasteiger partial charge >= 0.3 is 0 Å². The van der Waals surface area contributed by atoms with E-state index in [9.17, 15) is 0 Å². The summed E-state index contributed by atoms with van der Waals surface area (Å²) in [5.41, 5.74) is 0. The fourth-order valence-corrected chi connectivity index (χ4v) is 2.79. The van der Waals surface area contributed by atoms with E-state index in [1.165, 1.54) is 18.7 Å². The summed E-state index contributed by atoms with van der Waals surface area (Å²) in [6, 6.07) is 0. The topological polar surface area (TPSA) is 12.0 Å². The lowest BCUT2D eigenvalue weighted by Crippen LogP contribution is -2.36. The van der Waals surface area contributed by atoms with Crippen LogP contribution in [0.4, 0.5) is 0 Å². The van der Waals surface area contributed by atoms with Gasteiger partial charge in [-0.15, -0.1) is 0 Å². The predicted molar refractivity (Wildman–Crippen MR) is 53.1 cm³/mol. The molecular formula is C9H19NS. The minimum atomic E-state index is 0.834. The SMILES string of the molecule is CNCC(C(C)C)C1CCS1. The van der Waals surface area contributed by atoms with Crippen LogP contribution in [0.25, 0.3) is 0 Å². The lowest BCUT2D eigenvalue weighted by atomic mass is 9.90. The third-order valence-corrected chi connectivity index (χ3v) is 3.99. The number of thioether (sulfide) groups is 1. The van der Waals surface area contributed by atoms with Crippen LogP contribution in [0, 0.1) is 11.8 Å². The average Bonchev–Trinajstić information content (AvgIpc) is 1.82. The maximum absolute atomic E-state index is 3.28. The first-order valence-corrected chi connectivity index (χ1v) is 5.56. The van der Waals surface area contributed by atoms with Gasteiger partial charge < -0.3 is 5.32 Å². The zero-order chi connectivity index (χ0) is 8.27. The molecule has 1 N–H and O–H groups in total. The second kappa shape index (κ2) is 4.36. The Hall–Kier alpha value is 0.310. The molecule has 0 aliphatic carbocycles. The fraction of sp³-hybridized carbons (Fsp3) is 1.00. The van der Waals surface area contributed by atoms with Gasteiger partial charge in [0.15, 0.2) is 0 Å². The van der Waals surface area contributed by atoms with Gasteiger partial charge in [-0.05, 0) is 37.6 Å². The highest BCUT2D eigenvalue weighted by Crippen LogP contribution is 2.36. The number of nitrogens with one attached hydrogen (secondary N) is 1. The number of hydrogen-bond donors (Lipinski definition) is 1. The van der Waals surface area contributed by atoms with E-state index < -0.39 is 0 Å². The smallest absolute Gasteiger partial charge is 0.00977 e. The van der Waals surface area contributed by atoms with Crippen molar-refractivity contribution in [2.75, 3.05) is 19.3 Å². The standard InChI is InChI=1S/C9H19NS/c1-7(2)8(6-10-3)9-4-5-11-9/h7-10H,4-6H2,1-3H3. The quantitative estimate of drug-likeness (QED) is 0.697. The van der Waals surface area contributed by atoms with Crippen LogP contribution >= 0.6 is 11.8 Å². The monoisotopic (exact) mass is 173 g/mol. The van der Waals surface area contributed by atoms with Crippen LogP contribution in [0.3, 0.4) is 0 Å². The van der Waals surface area contributed by atoms with Gasteiger partial charge in [-0.2, -0.15) is 11.8 Å². The molecule has 0 aromatic rings. The van der Waals surface area contributed by atoms with E-state index in [1.807, 2.05) is 0 Å². The number of rotatable bonds is 4. The molecule has 66 valence electrons. The summed E-state index contributed by atoms with van der Waals surface area (Å²) in [4.78, 5) is 0. The van der Waals surface area contributed by atoms with Gasteiger partial charge in [0, 0.05) is 5.25 Å². The molecule has 11 heavy (non-hydrogen) atoms. The van der Waals surface area contributed by atoms with Gasteiger partial charge in [0.2, 0.25) is 0 Å². The molecule has 2 unspecified atom stereocenters. The first kappa shape index (κ1) is 9.40. The average molecular weight is 173 g/mol. The highest BCUT2D eigenvalue weighted by molar-refractivity contribution is 8.01. The van der Waals surface area contributed by atoms with Crippen LogP contribution in [0.5, 0.6) is 0 Å². The maximum atomic E-state index is 3.28. The minimum absolute atomic E-state index is 0.834. The van der Waals surface area contributed by atoms with E-state index in [0.717, 1.165) is 17.1 Å². The van der Waals surface area contributed by atoms with E-state index in [0.29, 0.717) is 0 Å². The Labute approximate surface area is 74.3 Å². The molecule has 0 spiro atoms. The molecule has 0 aromatic heterocycles. The summed E-state index contributed by atoms with van der Waals surface area (Å²) >= 11 is 2.14. The van der Waals surface area contributed by atoms with Crippen LogP contribution < -0.4 is 5.32 Å². The summed E-state index contributed by atoms with van der Waals surface area (Å²) in [6.45, 7) is 5.86. The van der Waals surface area contributed by atoms with Crippen molar-refractivity contribution in [1.82, 2.24) is 5.32 Å². The van der Waals surface area contributed by atoms with Gasteiger partial charge in [-0.1, -0.05) is 13.8 Å². The van der Waals surface area contributed by atoms with Crippen molar-refractivity contribution in [3.8, 4) is 0 Å². The zero-order valence-corrected chi connectivity index (χ0v) is 8.58. The Bertz CT molecular complexity index is 110. The molecule has 0 saturated carbocycles. The van der Waals surface area contributed by atoms with Crippen molar-refractivity contribution in [2.45, 2.75) is 25.5 Å². The highest BCUT2D eigenvalue weighted by Gasteiger charge is 2.29. The molecule has 1 rings (SSSR count). The largest absolute Gasteiger partial charge is 0.319 e. The molecular weight excluding hydrogens is 154 g/mol. The van der Waals surface area contributed by atoms with Crippen molar-refractivity contribution in [3.63, 3.8) is 0 Å². The van der Waals surface area contributed by atoms with E-state index in [4.69, 9.17) is 0 Å². The summed E-state index contributed by atoms with van der Waals surface area (Å²) in [6.07, 6.45) is 1.44. The third-order valence-electron chi connectivity index (χ3n) is 2.51. The Morgan fingerprint density at radius 3 is 2.45 bits per heavy atom. The molecule has 0 aromatic carbocycles. The minimum Gasteiger partial charge on any atom is -0.319 e. The van der Waals surface area contributed by atoms with Crippen molar-refractivity contribution in [3.05, 3.63) is 0 Å². The summed E-state index contributed by atoms with van der Waals surface area (Å²) in [5.74, 6) is 3.11. The Kier molecular flexibility index (Phi) is 3.73. The van der Waals surface area contributed by atoms with Gasteiger partial charge in [-0.3, -0.25) is 0 Å². The maximum Gasteiger partial charge on any atom is 0.00977 e. The van der Waals surface area contributed by atoms with E-state index in [1.54, 1.807) is 0 Å². The first-order chi connectivity index (χ1) is 5.25. The zero-order valence-electron chi connectivity index (χ0n) is 7.76. The normalized spacial score (nSPS) is 26.7. The van der Waals surface area contributed by atoms with Crippen LogP contribution in [-0.2, 0) is 0 Å². The molecule has 1 nitrogen and oxygen atoms in total. The third kappa shape index (κ3) is 2.38. The highest BCUT2D eigenvalue weighted by atomic mass is 32.2. The van der Waals surface area contributed by atoms with Crippen LogP contribution in [0.15, 0.2) is 0 Å². The molecule has 2 heteroatoms. The van der Waals surface area contributed by atoms with Gasteiger partial charge in [0.25, 0.3) is 0 Å². The summed E-state index contributed by atoms with van der Waals surface area (Å²) in [5, 5.41) is 4.23. The molecule has 0 amide bonds. The van der Waals surface area contributed by atoms with Gasteiger partial charge in [-0.25, -0.2) is 0 Å². The molecule has 0 radical (unpaired) electrons. The first-order valence-electron chi connectivity index (χ1n) is 4.52. The van der Waals surface area contributed by atoms with E-state index in [-0.39, 0.29) is 0 Å². The van der Waals surface area contributed by atoms with Crippen LogP contribution in [-0.4, -0.2) is 24.6 Å². The Morgan fingerprint density at radius 2 is 2.18 bits per heavy atom. The molecule has 1 heterocycles. The summed E-state index contributed by atoms with van der Waals surface area (Å²) in [7, 11) is 2.05. The molecule has 1 fully saturated rings. The van der Waals surface area contributed by atoms with Gasteiger partial charge in [0.05, 0.1) is 0 Å². The molecule has 1 aliphatic rings. The lowest BCUT2D eigenvalue weighted by molar-refractivity contribution is 0.349. The second-order valence-electron chi connectivity index (χ2n) is 3.66. The van der Waals surface area contributed by atoms with Crippen LogP contribution in [0.1, 0.15) is 20.3 Å². The Balaban J connectivity index is 2.31. The van der Waals surface area contributed by atoms with Crippen molar-refractivity contribution in [1.29, 1.82) is 0 Å². The predicted octanol–water partition coefficient (Wildman–Crippen LogP) is 1.98. The Morgan fingerprint density at radius 1 is 1.55 bits per heavy atom. The molecule has 1 saturated heterocycles. The van der Waals surface area contributed by atoms with Crippen molar-refractivity contribution < 1.29 is 0 Å². The second-order valence-corrected chi connectivity index (χ2v) is 5.01. The van der Waals surface area contributed by atoms with Crippen LogP contribution in [0.2, 0.25) is 0 Å². The summed E-state index contributed by atoms with van der Waals surface area (Å²) < 4.78 is 0. The van der Waals surface area contributed by atoms with Crippen molar-refractivity contribution in [2.24, 2.45) is 11.8 Å². The van der Waals surface area contributed by atoms with E-state index in [2.05, 4.69) is 38.0 Å². The van der Waals surface area contributed by atoms with Gasteiger partial charge in [0.1, 0.15) is 0 Å². The lowest BCUT2D eigenvalue weighted by Gasteiger charge is -2.35. The fourth-order valence-electron chi connectivity index (χ4n) is 1.62. The molecule has 0 bridgehead atoms. The molecule has 2 atom stereocenters. The number of hydrogen-bond acceptors (Lipinski definition) is 2. The molecule has 1 aliphatic heterocycles. The van der Waals surface area contributed by atoms with E-state index >= 15 is 0 Å². The van der Waals surface area contributed by atoms with Crippen molar-refractivity contribution >= 4 is 11.8 Å².